The highest BCUT2D eigenvalue weighted by atomic mass is 32.2. The van der Waals surface area contributed by atoms with Gasteiger partial charge in [-0.25, -0.2) is 13.2 Å². The molecule has 0 saturated heterocycles. The zero-order valence-electron chi connectivity index (χ0n) is 12.6. The van der Waals surface area contributed by atoms with E-state index < -0.39 is 34.5 Å². The second kappa shape index (κ2) is 7.37. The van der Waals surface area contributed by atoms with Crippen molar-refractivity contribution in [3.05, 3.63) is 29.8 Å². The summed E-state index contributed by atoms with van der Waals surface area (Å²) in [6, 6.07) is 5.01. The van der Waals surface area contributed by atoms with E-state index in [0.717, 1.165) is 4.31 Å². The fourth-order valence-corrected chi connectivity index (χ4v) is 3.64. The first-order valence-corrected chi connectivity index (χ1v) is 8.15. The lowest BCUT2D eigenvalue weighted by Gasteiger charge is -2.25. The van der Waals surface area contributed by atoms with E-state index in [-0.39, 0.29) is 17.1 Å². The van der Waals surface area contributed by atoms with E-state index in [2.05, 4.69) is 0 Å². The average molecular weight is 329 g/mol. The second-order valence-electron chi connectivity index (χ2n) is 4.75. The lowest BCUT2D eigenvalue weighted by Crippen LogP contribution is -2.41. The highest BCUT2D eigenvalue weighted by Gasteiger charge is 2.32. The van der Waals surface area contributed by atoms with Gasteiger partial charge in [0.2, 0.25) is 10.0 Å². The molecule has 0 heterocycles. The number of aliphatic carboxylic acids is 1. The van der Waals surface area contributed by atoms with Crippen molar-refractivity contribution in [2.24, 2.45) is 0 Å². The van der Waals surface area contributed by atoms with Crippen LogP contribution in [0.3, 0.4) is 0 Å². The Morgan fingerprint density at radius 1 is 1.27 bits per heavy atom. The van der Waals surface area contributed by atoms with Crippen LogP contribution in [0.25, 0.3) is 0 Å². The van der Waals surface area contributed by atoms with Crippen LogP contribution in [0, 0.1) is 0 Å². The molecule has 22 heavy (non-hydrogen) atoms. The van der Waals surface area contributed by atoms with Crippen molar-refractivity contribution in [3.63, 3.8) is 0 Å². The van der Waals surface area contributed by atoms with Gasteiger partial charge in [-0.1, -0.05) is 12.1 Å². The number of carboxylic acids is 1. The molecule has 0 amide bonds. The van der Waals surface area contributed by atoms with E-state index in [1.807, 2.05) is 0 Å². The number of sulfonamides is 1. The van der Waals surface area contributed by atoms with Gasteiger partial charge in [0.05, 0.1) is 17.1 Å². The summed E-state index contributed by atoms with van der Waals surface area (Å²) in [5, 5.41) is 8.91. The standard InChI is InChI=1S/C14H19NO6S/c1-4-21-14(18)11-7-5-6-8-12(11)22(19,20)15(10(2)3)9-13(16)17/h5-8,10H,4,9H2,1-3H3,(H,16,17). The van der Waals surface area contributed by atoms with E-state index in [1.165, 1.54) is 24.3 Å². The highest BCUT2D eigenvalue weighted by molar-refractivity contribution is 7.89. The Bertz CT molecular complexity index is 653. The molecule has 1 N–H and O–H groups in total. The summed E-state index contributed by atoms with van der Waals surface area (Å²) >= 11 is 0. The summed E-state index contributed by atoms with van der Waals surface area (Å²) in [6.45, 7) is 4.16. The molecule has 122 valence electrons. The fourth-order valence-electron chi connectivity index (χ4n) is 1.87. The first-order chi connectivity index (χ1) is 10.2. The Labute approximate surface area is 129 Å². The zero-order chi connectivity index (χ0) is 16.9. The Morgan fingerprint density at radius 3 is 2.36 bits per heavy atom. The Hall–Kier alpha value is -1.93. The Balaban J connectivity index is 3.38. The third-order valence-electron chi connectivity index (χ3n) is 2.84. The molecule has 0 aliphatic rings. The number of benzene rings is 1. The van der Waals surface area contributed by atoms with Gasteiger partial charge in [0.1, 0.15) is 6.54 Å². The van der Waals surface area contributed by atoms with Crippen LogP contribution in [-0.4, -0.2) is 49.0 Å². The van der Waals surface area contributed by atoms with E-state index >= 15 is 0 Å². The summed E-state index contributed by atoms with van der Waals surface area (Å²) in [7, 11) is -4.14. The van der Waals surface area contributed by atoms with Gasteiger partial charge in [0, 0.05) is 6.04 Å². The molecule has 1 aromatic carbocycles. The van der Waals surface area contributed by atoms with Crippen molar-refractivity contribution in [2.45, 2.75) is 31.7 Å². The Morgan fingerprint density at radius 2 is 1.86 bits per heavy atom. The van der Waals surface area contributed by atoms with Gasteiger partial charge in [-0.2, -0.15) is 4.31 Å². The van der Waals surface area contributed by atoms with Gasteiger partial charge < -0.3 is 9.84 Å². The van der Waals surface area contributed by atoms with Gasteiger partial charge in [-0.3, -0.25) is 4.79 Å². The number of esters is 1. The van der Waals surface area contributed by atoms with Gasteiger partial charge in [-0.15, -0.1) is 0 Å². The highest BCUT2D eigenvalue weighted by Crippen LogP contribution is 2.22. The van der Waals surface area contributed by atoms with Gasteiger partial charge in [-0.05, 0) is 32.9 Å². The van der Waals surface area contributed by atoms with Crippen LogP contribution in [0.4, 0.5) is 0 Å². The number of hydrogen-bond donors (Lipinski definition) is 1. The summed E-state index contributed by atoms with van der Waals surface area (Å²) < 4.78 is 31.1. The van der Waals surface area contributed by atoms with Crippen molar-refractivity contribution < 1.29 is 27.9 Å². The summed E-state index contributed by atoms with van der Waals surface area (Å²) in [5.74, 6) is -2.04. The number of hydrogen-bond acceptors (Lipinski definition) is 5. The van der Waals surface area contributed by atoms with Crippen LogP contribution in [-0.2, 0) is 19.6 Å². The van der Waals surface area contributed by atoms with E-state index in [1.54, 1.807) is 20.8 Å². The maximum atomic E-state index is 12.7. The van der Waals surface area contributed by atoms with Gasteiger partial charge in [0.25, 0.3) is 0 Å². The van der Waals surface area contributed by atoms with Crippen LogP contribution in [0.5, 0.6) is 0 Å². The monoisotopic (exact) mass is 329 g/mol. The molecular formula is C14H19NO6S. The SMILES string of the molecule is CCOC(=O)c1ccccc1S(=O)(=O)N(CC(=O)O)C(C)C. The molecule has 0 fully saturated rings. The lowest BCUT2D eigenvalue weighted by atomic mass is 10.2. The molecule has 0 saturated carbocycles. The number of carbonyl (C=O) groups is 2. The molecule has 8 heteroatoms. The number of carbonyl (C=O) groups excluding carboxylic acids is 1. The number of nitrogens with zero attached hydrogens (tertiary/aromatic N) is 1. The van der Waals surface area contributed by atoms with Crippen molar-refractivity contribution in [3.8, 4) is 0 Å². The maximum absolute atomic E-state index is 12.7. The summed E-state index contributed by atoms with van der Waals surface area (Å²) in [4.78, 5) is 22.6. The van der Waals surface area contributed by atoms with E-state index in [9.17, 15) is 18.0 Å². The van der Waals surface area contributed by atoms with Crippen molar-refractivity contribution >= 4 is 22.0 Å². The minimum Gasteiger partial charge on any atom is -0.480 e. The minimum atomic E-state index is -4.14. The van der Waals surface area contributed by atoms with Crippen molar-refractivity contribution in [2.75, 3.05) is 13.2 Å². The third kappa shape index (κ3) is 4.05. The minimum absolute atomic E-state index is 0.107. The molecule has 1 rings (SSSR count). The fraction of sp³-hybridized carbons (Fsp3) is 0.429. The molecule has 0 aromatic heterocycles. The molecule has 0 bridgehead atoms. The topological polar surface area (TPSA) is 101 Å². The zero-order valence-corrected chi connectivity index (χ0v) is 13.5. The number of ether oxygens (including phenoxy) is 1. The summed E-state index contributed by atoms with van der Waals surface area (Å²) in [5.41, 5.74) is -0.111. The molecule has 0 aliphatic carbocycles. The molecule has 0 atom stereocenters. The largest absolute Gasteiger partial charge is 0.480 e. The molecule has 0 aliphatic heterocycles. The van der Waals surface area contributed by atoms with Crippen molar-refractivity contribution in [1.82, 2.24) is 4.31 Å². The van der Waals surface area contributed by atoms with Gasteiger partial charge in [0.15, 0.2) is 0 Å². The first-order valence-electron chi connectivity index (χ1n) is 6.71. The number of carboxylic acid groups (broad SMARTS) is 1. The molecule has 0 unspecified atom stereocenters. The summed E-state index contributed by atoms with van der Waals surface area (Å²) in [6.07, 6.45) is 0. The molecular weight excluding hydrogens is 310 g/mol. The van der Waals surface area contributed by atoms with E-state index in [0.29, 0.717) is 0 Å². The van der Waals surface area contributed by atoms with Crippen LogP contribution >= 0.6 is 0 Å². The predicted octanol–water partition coefficient (Wildman–Crippen LogP) is 1.35. The normalized spacial score (nSPS) is 11.7. The lowest BCUT2D eigenvalue weighted by molar-refractivity contribution is -0.137. The quantitative estimate of drug-likeness (QED) is 0.758. The molecule has 0 spiro atoms. The smallest absolute Gasteiger partial charge is 0.339 e. The van der Waals surface area contributed by atoms with Crippen LogP contribution in [0.2, 0.25) is 0 Å². The third-order valence-corrected chi connectivity index (χ3v) is 4.92. The van der Waals surface area contributed by atoms with Crippen LogP contribution in [0.15, 0.2) is 29.2 Å². The second-order valence-corrected chi connectivity index (χ2v) is 6.61. The number of rotatable bonds is 7. The van der Waals surface area contributed by atoms with E-state index in [4.69, 9.17) is 9.84 Å². The van der Waals surface area contributed by atoms with Crippen LogP contribution in [0.1, 0.15) is 31.1 Å². The van der Waals surface area contributed by atoms with Crippen molar-refractivity contribution in [1.29, 1.82) is 0 Å². The predicted molar refractivity (Wildman–Crippen MR) is 79.1 cm³/mol. The van der Waals surface area contributed by atoms with Gasteiger partial charge >= 0.3 is 11.9 Å². The van der Waals surface area contributed by atoms with Crippen LogP contribution < -0.4 is 0 Å². The maximum Gasteiger partial charge on any atom is 0.339 e. The molecule has 7 nitrogen and oxygen atoms in total. The average Bonchev–Trinajstić information content (AvgIpc) is 2.44. The molecule has 1 aromatic rings. The molecule has 0 radical (unpaired) electrons. The first kappa shape index (κ1) is 18.1. The Kier molecular flexibility index (Phi) is 6.07.